The fraction of sp³-hybridized carbons (Fsp3) is 0.727. The molecule has 0 aromatic heterocycles. The van der Waals surface area contributed by atoms with Gasteiger partial charge in [0.25, 0.3) is 0 Å². The van der Waals surface area contributed by atoms with Crippen LogP contribution in [0.25, 0.3) is 0 Å². The molecule has 80 valence electrons. The first-order valence-corrected chi connectivity index (χ1v) is 5.28. The third-order valence-electron chi connectivity index (χ3n) is 3.10. The van der Waals surface area contributed by atoms with Crippen LogP contribution in [0.1, 0.15) is 32.6 Å². The van der Waals surface area contributed by atoms with Crippen LogP contribution in [0.3, 0.4) is 0 Å². The summed E-state index contributed by atoms with van der Waals surface area (Å²) in [5.41, 5.74) is 6.03. The van der Waals surface area contributed by atoms with E-state index < -0.39 is 6.04 Å². The molecule has 1 unspecified atom stereocenters. The van der Waals surface area contributed by atoms with Gasteiger partial charge >= 0.3 is 0 Å². The van der Waals surface area contributed by atoms with Crippen LogP contribution in [0.5, 0.6) is 0 Å². The zero-order valence-electron chi connectivity index (χ0n) is 8.88. The summed E-state index contributed by atoms with van der Waals surface area (Å²) < 4.78 is 0. The summed E-state index contributed by atoms with van der Waals surface area (Å²) in [6.07, 6.45) is 5.84. The molecule has 0 aliphatic heterocycles. The average Bonchev–Trinajstić information content (AvgIpc) is 2.95. The molecule has 0 bridgehead atoms. The van der Waals surface area contributed by atoms with Crippen LogP contribution < -0.4 is 11.1 Å². The Morgan fingerprint density at radius 2 is 2.36 bits per heavy atom. The molecule has 1 amide bonds. The van der Waals surface area contributed by atoms with E-state index >= 15 is 0 Å². The molecule has 0 radical (unpaired) electrons. The number of nitrogens with two attached hydrogens (primary N) is 1. The highest BCUT2D eigenvalue weighted by Gasteiger charge is 2.40. The summed E-state index contributed by atoms with van der Waals surface area (Å²) in [7, 11) is 0. The standard InChI is InChI=1S/C11H20N2O/c1-3-5-9(12)10(14)13-8-11(4-2)6-7-11/h3,9H,1,4-8,12H2,2H3,(H,13,14). The van der Waals surface area contributed by atoms with Crippen LogP contribution in [0.15, 0.2) is 12.7 Å². The third-order valence-corrected chi connectivity index (χ3v) is 3.10. The average molecular weight is 196 g/mol. The molecule has 14 heavy (non-hydrogen) atoms. The second-order valence-electron chi connectivity index (χ2n) is 4.20. The van der Waals surface area contributed by atoms with Crippen molar-refractivity contribution in [2.75, 3.05) is 6.54 Å². The first-order chi connectivity index (χ1) is 6.63. The Morgan fingerprint density at radius 3 is 2.79 bits per heavy atom. The van der Waals surface area contributed by atoms with Crippen molar-refractivity contribution in [3.63, 3.8) is 0 Å². The molecule has 1 aliphatic carbocycles. The molecule has 3 nitrogen and oxygen atoms in total. The smallest absolute Gasteiger partial charge is 0.237 e. The maximum absolute atomic E-state index is 11.4. The minimum absolute atomic E-state index is 0.0513. The second-order valence-corrected chi connectivity index (χ2v) is 4.20. The Morgan fingerprint density at radius 1 is 1.71 bits per heavy atom. The van der Waals surface area contributed by atoms with Crippen molar-refractivity contribution in [2.24, 2.45) is 11.1 Å². The lowest BCUT2D eigenvalue weighted by Gasteiger charge is -2.15. The monoisotopic (exact) mass is 196 g/mol. The van der Waals surface area contributed by atoms with Gasteiger partial charge in [-0.15, -0.1) is 6.58 Å². The Kier molecular flexibility index (Phi) is 3.69. The van der Waals surface area contributed by atoms with Crippen LogP contribution in [-0.4, -0.2) is 18.5 Å². The minimum Gasteiger partial charge on any atom is -0.354 e. The van der Waals surface area contributed by atoms with Gasteiger partial charge in [0.05, 0.1) is 6.04 Å². The van der Waals surface area contributed by atoms with Gasteiger partial charge in [-0.2, -0.15) is 0 Å². The lowest BCUT2D eigenvalue weighted by Crippen LogP contribution is -2.42. The van der Waals surface area contributed by atoms with E-state index in [4.69, 9.17) is 5.73 Å². The van der Waals surface area contributed by atoms with E-state index in [0.717, 1.165) is 13.0 Å². The highest BCUT2D eigenvalue weighted by molar-refractivity contribution is 5.81. The van der Waals surface area contributed by atoms with Crippen molar-refractivity contribution in [1.29, 1.82) is 0 Å². The van der Waals surface area contributed by atoms with Crippen LogP contribution in [0, 0.1) is 5.41 Å². The van der Waals surface area contributed by atoms with Gasteiger partial charge in [0.2, 0.25) is 5.91 Å². The number of carbonyl (C=O) groups is 1. The van der Waals surface area contributed by atoms with Crippen LogP contribution in [0.2, 0.25) is 0 Å². The van der Waals surface area contributed by atoms with E-state index in [9.17, 15) is 4.79 Å². The molecule has 3 N–H and O–H groups in total. The summed E-state index contributed by atoms with van der Waals surface area (Å²) in [5, 5.41) is 2.91. The summed E-state index contributed by atoms with van der Waals surface area (Å²) in [4.78, 5) is 11.4. The van der Waals surface area contributed by atoms with Gasteiger partial charge in [0.1, 0.15) is 0 Å². The van der Waals surface area contributed by atoms with Crippen molar-refractivity contribution in [2.45, 2.75) is 38.6 Å². The second kappa shape index (κ2) is 4.60. The molecule has 1 aliphatic rings. The highest BCUT2D eigenvalue weighted by Crippen LogP contribution is 2.47. The van der Waals surface area contributed by atoms with Crippen molar-refractivity contribution in [3.8, 4) is 0 Å². The molecular weight excluding hydrogens is 176 g/mol. The van der Waals surface area contributed by atoms with Crippen molar-refractivity contribution in [3.05, 3.63) is 12.7 Å². The molecule has 3 heteroatoms. The lowest BCUT2D eigenvalue weighted by molar-refractivity contribution is -0.122. The van der Waals surface area contributed by atoms with Crippen molar-refractivity contribution >= 4 is 5.91 Å². The van der Waals surface area contributed by atoms with Gasteiger partial charge in [0, 0.05) is 6.54 Å². The third kappa shape index (κ3) is 2.84. The first-order valence-electron chi connectivity index (χ1n) is 5.28. The first kappa shape index (κ1) is 11.2. The normalized spacial score (nSPS) is 19.9. The van der Waals surface area contributed by atoms with E-state index in [2.05, 4.69) is 18.8 Å². The number of rotatable bonds is 6. The van der Waals surface area contributed by atoms with Gasteiger partial charge in [-0.05, 0) is 31.1 Å². The molecule has 1 rings (SSSR count). The molecule has 1 fully saturated rings. The molecule has 1 saturated carbocycles. The predicted molar refractivity (Wildman–Crippen MR) is 57.8 cm³/mol. The van der Waals surface area contributed by atoms with Gasteiger partial charge in [0.15, 0.2) is 0 Å². The summed E-state index contributed by atoms with van der Waals surface area (Å²) in [6.45, 7) is 6.51. The number of amides is 1. The Hall–Kier alpha value is -0.830. The zero-order valence-corrected chi connectivity index (χ0v) is 8.88. The molecule has 1 atom stereocenters. The van der Waals surface area contributed by atoms with E-state index in [0.29, 0.717) is 11.8 Å². The van der Waals surface area contributed by atoms with Crippen molar-refractivity contribution < 1.29 is 4.79 Å². The lowest BCUT2D eigenvalue weighted by atomic mass is 10.0. The Balaban J connectivity index is 2.24. The summed E-state index contributed by atoms with van der Waals surface area (Å²) in [6, 6.07) is -0.430. The van der Waals surface area contributed by atoms with E-state index in [1.807, 2.05) is 0 Å². The zero-order chi connectivity index (χ0) is 10.6. The topological polar surface area (TPSA) is 55.1 Å². The van der Waals surface area contributed by atoms with E-state index in [1.54, 1.807) is 6.08 Å². The summed E-state index contributed by atoms with van der Waals surface area (Å²) in [5.74, 6) is -0.0513. The van der Waals surface area contributed by atoms with Crippen LogP contribution in [0.4, 0.5) is 0 Å². The molecular formula is C11H20N2O. The largest absolute Gasteiger partial charge is 0.354 e. The van der Waals surface area contributed by atoms with Gasteiger partial charge in [-0.25, -0.2) is 0 Å². The Bertz CT molecular complexity index is 221. The maximum Gasteiger partial charge on any atom is 0.237 e. The predicted octanol–water partition coefficient (Wildman–Crippen LogP) is 1.20. The number of carbonyl (C=O) groups excluding carboxylic acids is 1. The summed E-state index contributed by atoms with van der Waals surface area (Å²) >= 11 is 0. The maximum atomic E-state index is 11.4. The van der Waals surface area contributed by atoms with Gasteiger partial charge < -0.3 is 11.1 Å². The van der Waals surface area contributed by atoms with Crippen LogP contribution >= 0.6 is 0 Å². The van der Waals surface area contributed by atoms with E-state index in [-0.39, 0.29) is 5.91 Å². The van der Waals surface area contributed by atoms with Gasteiger partial charge in [-0.1, -0.05) is 13.0 Å². The van der Waals surface area contributed by atoms with Gasteiger partial charge in [-0.3, -0.25) is 4.79 Å². The molecule has 0 saturated heterocycles. The quantitative estimate of drug-likeness (QED) is 0.627. The van der Waals surface area contributed by atoms with E-state index in [1.165, 1.54) is 12.8 Å². The number of hydrogen-bond donors (Lipinski definition) is 2. The molecule has 0 heterocycles. The van der Waals surface area contributed by atoms with Crippen LogP contribution in [-0.2, 0) is 4.79 Å². The number of hydrogen-bond acceptors (Lipinski definition) is 2. The number of nitrogens with one attached hydrogen (secondary N) is 1. The van der Waals surface area contributed by atoms with Crippen molar-refractivity contribution in [1.82, 2.24) is 5.32 Å². The highest BCUT2D eigenvalue weighted by atomic mass is 16.2. The minimum atomic E-state index is -0.430. The molecule has 0 aromatic carbocycles. The molecule has 0 spiro atoms. The SMILES string of the molecule is C=CCC(N)C(=O)NCC1(CC)CC1. The Labute approximate surface area is 85.7 Å². The fourth-order valence-corrected chi connectivity index (χ4v) is 1.52. The molecule has 0 aromatic rings. The fourth-order valence-electron chi connectivity index (χ4n) is 1.52.